The minimum atomic E-state index is -0.557. The molecule has 0 aliphatic carbocycles. The Kier molecular flexibility index (Phi) is 4.59. The molecule has 0 saturated carbocycles. The van der Waals surface area contributed by atoms with E-state index in [1.165, 1.54) is 0 Å². The molecule has 0 spiro atoms. The molecule has 2 heterocycles. The highest BCUT2D eigenvalue weighted by Gasteiger charge is 2.38. The average molecular weight is 328 g/mol. The Hall–Kier alpha value is -2.70. The van der Waals surface area contributed by atoms with Crippen LogP contribution in [-0.4, -0.2) is 33.0 Å². The van der Waals surface area contributed by atoms with Crippen molar-refractivity contribution in [2.45, 2.75) is 39.3 Å². The molecular weight excluding hydrogens is 308 g/mol. The van der Waals surface area contributed by atoms with Crippen LogP contribution in [0.5, 0.6) is 0 Å². The molecule has 1 atom stereocenters. The summed E-state index contributed by atoms with van der Waals surface area (Å²) in [6.45, 7) is 4.12. The molecule has 3 amide bonds. The van der Waals surface area contributed by atoms with Crippen LogP contribution in [0.25, 0.3) is 0 Å². The van der Waals surface area contributed by atoms with Crippen LogP contribution >= 0.6 is 0 Å². The fourth-order valence-electron chi connectivity index (χ4n) is 2.65. The lowest BCUT2D eigenvalue weighted by molar-refractivity contribution is -0.128. The second kappa shape index (κ2) is 6.82. The maximum Gasteiger partial charge on any atom is 0.325 e. The van der Waals surface area contributed by atoms with Crippen molar-refractivity contribution in [2.24, 2.45) is 5.92 Å². The predicted octanol–water partition coefficient (Wildman–Crippen LogP) is 1.93. The summed E-state index contributed by atoms with van der Waals surface area (Å²) in [6.07, 6.45) is 1.16. The van der Waals surface area contributed by atoms with Gasteiger partial charge in [0.15, 0.2) is 5.82 Å². The Labute approximate surface area is 140 Å². The van der Waals surface area contributed by atoms with Crippen LogP contribution < -0.4 is 5.32 Å². The minimum Gasteiger partial charge on any atom is -0.337 e. The van der Waals surface area contributed by atoms with Crippen molar-refractivity contribution < 1.29 is 14.1 Å². The van der Waals surface area contributed by atoms with Gasteiger partial charge in [-0.15, -0.1) is 0 Å². The van der Waals surface area contributed by atoms with E-state index < -0.39 is 12.1 Å². The molecule has 0 radical (unpaired) electrons. The number of carbonyl (C=O) groups is 2. The molecular formula is C17H20N4O3. The van der Waals surface area contributed by atoms with E-state index in [1.54, 1.807) is 0 Å². The molecule has 1 aliphatic rings. The number of urea groups is 1. The van der Waals surface area contributed by atoms with Crippen molar-refractivity contribution in [1.29, 1.82) is 0 Å². The number of nitrogens with zero attached hydrogens (tertiary/aromatic N) is 3. The molecule has 1 unspecified atom stereocenters. The van der Waals surface area contributed by atoms with E-state index in [4.69, 9.17) is 4.52 Å². The highest BCUT2D eigenvalue weighted by Crippen LogP contribution is 2.15. The second-order valence-corrected chi connectivity index (χ2v) is 6.32. The maximum atomic E-state index is 12.5. The molecule has 2 aromatic rings. The Morgan fingerprint density at radius 2 is 2.00 bits per heavy atom. The van der Waals surface area contributed by atoms with Crippen LogP contribution in [0.4, 0.5) is 4.79 Å². The van der Waals surface area contributed by atoms with Crippen molar-refractivity contribution >= 4 is 11.9 Å². The third kappa shape index (κ3) is 3.61. The largest absolute Gasteiger partial charge is 0.337 e. The molecule has 1 aromatic carbocycles. The average Bonchev–Trinajstić information content (AvgIpc) is 3.08. The number of rotatable bonds is 6. The van der Waals surface area contributed by atoms with Gasteiger partial charge in [-0.1, -0.05) is 49.3 Å². The van der Waals surface area contributed by atoms with Gasteiger partial charge in [0.25, 0.3) is 5.91 Å². The van der Waals surface area contributed by atoms with Gasteiger partial charge < -0.3 is 9.84 Å². The number of benzene rings is 1. The maximum absolute atomic E-state index is 12.5. The minimum absolute atomic E-state index is 0.00104. The van der Waals surface area contributed by atoms with Crippen LogP contribution in [0.1, 0.15) is 31.1 Å². The number of hydrogen-bond acceptors (Lipinski definition) is 5. The fourth-order valence-corrected chi connectivity index (χ4v) is 2.65. The SMILES string of the molecule is CC(C)Cc1noc(CN2C(=O)NC(Cc3ccccc3)C2=O)n1. The van der Waals surface area contributed by atoms with Gasteiger partial charge >= 0.3 is 6.03 Å². The van der Waals surface area contributed by atoms with Gasteiger partial charge in [0.1, 0.15) is 12.6 Å². The summed E-state index contributed by atoms with van der Waals surface area (Å²) in [5, 5.41) is 6.59. The van der Waals surface area contributed by atoms with Crippen molar-refractivity contribution in [3.05, 3.63) is 47.6 Å². The predicted molar refractivity (Wildman–Crippen MR) is 85.9 cm³/mol. The van der Waals surface area contributed by atoms with Gasteiger partial charge in [-0.05, 0) is 11.5 Å². The van der Waals surface area contributed by atoms with E-state index in [0.717, 1.165) is 10.5 Å². The van der Waals surface area contributed by atoms with Gasteiger partial charge in [0, 0.05) is 12.8 Å². The molecule has 1 aromatic heterocycles. The number of amides is 3. The molecule has 7 nitrogen and oxygen atoms in total. The summed E-state index contributed by atoms with van der Waals surface area (Å²) in [6, 6.07) is 8.60. The second-order valence-electron chi connectivity index (χ2n) is 6.32. The zero-order chi connectivity index (χ0) is 17.1. The Morgan fingerprint density at radius 1 is 1.25 bits per heavy atom. The summed E-state index contributed by atoms with van der Waals surface area (Å²) < 4.78 is 5.14. The molecule has 1 N–H and O–H groups in total. The van der Waals surface area contributed by atoms with Crippen LogP contribution in [-0.2, 0) is 24.2 Å². The number of imide groups is 1. The van der Waals surface area contributed by atoms with Gasteiger partial charge in [0.05, 0.1) is 0 Å². The van der Waals surface area contributed by atoms with Gasteiger partial charge in [-0.3, -0.25) is 9.69 Å². The zero-order valence-corrected chi connectivity index (χ0v) is 13.7. The van der Waals surface area contributed by atoms with Crippen molar-refractivity contribution in [2.75, 3.05) is 0 Å². The topological polar surface area (TPSA) is 88.3 Å². The lowest BCUT2D eigenvalue weighted by atomic mass is 10.1. The Morgan fingerprint density at radius 3 is 2.71 bits per heavy atom. The smallest absolute Gasteiger partial charge is 0.325 e. The van der Waals surface area contributed by atoms with E-state index in [-0.39, 0.29) is 18.3 Å². The van der Waals surface area contributed by atoms with Crippen LogP contribution in [0, 0.1) is 5.92 Å². The molecule has 1 aliphatic heterocycles. The normalized spacial score (nSPS) is 17.6. The standard InChI is InChI=1S/C17H20N4O3/c1-11(2)8-14-19-15(24-20-14)10-21-16(22)13(18-17(21)23)9-12-6-4-3-5-7-12/h3-7,11,13H,8-10H2,1-2H3,(H,18,23). The first-order chi connectivity index (χ1) is 11.5. The lowest BCUT2D eigenvalue weighted by Gasteiger charge is -2.10. The number of carbonyl (C=O) groups excluding carboxylic acids is 2. The van der Waals surface area contributed by atoms with E-state index in [0.29, 0.717) is 24.6 Å². The molecule has 3 rings (SSSR count). The molecule has 1 saturated heterocycles. The van der Waals surface area contributed by atoms with Crippen molar-refractivity contribution in [3.63, 3.8) is 0 Å². The van der Waals surface area contributed by atoms with Crippen molar-refractivity contribution in [1.82, 2.24) is 20.4 Å². The fraction of sp³-hybridized carbons (Fsp3) is 0.412. The highest BCUT2D eigenvalue weighted by molar-refractivity contribution is 6.04. The molecule has 0 bridgehead atoms. The van der Waals surface area contributed by atoms with Crippen molar-refractivity contribution in [3.8, 4) is 0 Å². The number of hydrogen-bond donors (Lipinski definition) is 1. The van der Waals surface area contributed by atoms with E-state index in [1.807, 2.05) is 30.3 Å². The summed E-state index contributed by atoms with van der Waals surface area (Å²) in [5.74, 6) is 0.997. The lowest BCUT2D eigenvalue weighted by Crippen LogP contribution is -2.32. The first kappa shape index (κ1) is 16.2. The summed E-state index contributed by atoms with van der Waals surface area (Å²) in [4.78, 5) is 29.9. The third-order valence-electron chi connectivity index (χ3n) is 3.78. The zero-order valence-electron chi connectivity index (χ0n) is 13.7. The molecule has 126 valence electrons. The van der Waals surface area contributed by atoms with E-state index >= 15 is 0 Å². The quantitative estimate of drug-likeness (QED) is 0.819. The first-order valence-electron chi connectivity index (χ1n) is 8.00. The first-order valence-corrected chi connectivity index (χ1v) is 8.00. The summed E-state index contributed by atoms with van der Waals surface area (Å²) in [7, 11) is 0. The molecule has 24 heavy (non-hydrogen) atoms. The molecule has 1 fully saturated rings. The van der Waals surface area contributed by atoms with Crippen LogP contribution in [0.2, 0.25) is 0 Å². The van der Waals surface area contributed by atoms with Gasteiger partial charge in [-0.25, -0.2) is 4.79 Å². The Balaban J connectivity index is 1.65. The Bertz CT molecular complexity index is 726. The molecule has 7 heteroatoms. The van der Waals surface area contributed by atoms with E-state index in [9.17, 15) is 9.59 Å². The number of aromatic nitrogens is 2. The highest BCUT2D eigenvalue weighted by atomic mass is 16.5. The van der Waals surface area contributed by atoms with E-state index in [2.05, 4.69) is 29.3 Å². The van der Waals surface area contributed by atoms with Crippen LogP contribution in [0.3, 0.4) is 0 Å². The summed E-state index contributed by atoms with van der Waals surface area (Å²) in [5.41, 5.74) is 0.995. The van der Waals surface area contributed by atoms with Gasteiger partial charge in [0.2, 0.25) is 5.89 Å². The van der Waals surface area contributed by atoms with Crippen LogP contribution in [0.15, 0.2) is 34.9 Å². The summed E-state index contributed by atoms with van der Waals surface area (Å²) >= 11 is 0. The number of nitrogens with one attached hydrogen (secondary N) is 1. The monoisotopic (exact) mass is 328 g/mol. The third-order valence-corrected chi connectivity index (χ3v) is 3.78. The van der Waals surface area contributed by atoms with Gasteiger partial charge in [-0.2, -0.15) is 4.98 Å².